The van der Waals surface area contributed by atoms with Crippen LogP contribution in [0.4, 0.5) is 0 Å². The highest BCUT2D eigenvalue weighted by Gasteiger charge is 2.09. The van der Waals surface area contributed by atoms with Gasteiger partial charge in [-0.2, -0.15) is 0 Å². The van der Waals surface area contributed by atoms with Gasteiger partial charge in [0.05, 0.1) is 5.75 Å². The minimum atomic E-state index is -2.94. The fraction of sp³-hybridized carbons (Fsp3) is 0.562. The van der Waals surface area contributed by atoms with Crippen molar-refractivity contribution in [3.05, 3.63) is 35.9 Å². The average Bonchev–Trinajstić information content (AvgIpc) is 2.53. The number of benzene rings is 1. The maximum atomic E-state index is 11.5. The van der Waals surface area contributed by atoms with E-state index in [1.54, 1.807) is 14.0 Å². The summed E-state index contributed by atoms with van der Waals surface area (Å²) in [5.74, 6) is 0.948. The summed E-state index contributed by atoms with van der Waals surface area (Å²) in [5, 5.41) is 6.33. The van der Waals surface area contributed by atoms with Crippen molar-refractivity contribution in [1.29, 1.82) is 0 Å². The van der Waals surface area contributed by atoms with Gasteiger partial charge in [-0.1, -0.05) is 37.3 Å². The van der Waals surface area contributed by atoms with Crippen LogP contribution in [-0.4, -0.2) is 45.5 Å². The van der Waals surface area contributed by atoms with Crippen LogP contribution in [0.15, 0.2) is 35.3 Å². The Morgan fingerprint density at radius 3 is 2.55 bits per heavy atom. The zero-order valence-electron chi connectivity index (χ0n) is 13.7. The summed E-state index contributed by atoms with van der Waals surface area (Å²) >= 11 is 0. The fourth-order valence-corrected chi connectivity index (χ4v) is 2.70. The van der Waals surface area contributed by atoms with E-state index in [0.717, 1.165) is 12.8 Å². The summed E-state index contributed by atoms with van der Waals surface area (Å²) in [6, 6.07) is 10.6. The minimum Gasteiger partial charge on any atom is -0.355 e. The van der Waals surface area contributed by atoms with Crippen LogP contribution in [0.3, 0.4) is 0 Å². The van der Waals surface area contributed by atoms with Crippen molar-refractivity contribution in [3.63, 3.8) is 0 Å². The number of sulfone groups is 1. The largest absolute Gasteiger partial charge is 0.355 e. The highest BCUT2D eigenvalue weighted by Crippen LogP contribution is 2.04. The molecule has 0 spiro atoms. The summed E-state index contributed by atoms with van der Waals surface area (Å²) in [6.07, 6.45) is 1.98. The van der Waals surface area contributed by atoms with Crippen LogP contribution in [0, 0.1) is 0 Å². The van der Waals surface area contributed by atoms with E-state index in [-0.39, 0.29) is 17.5 Å². The molecule has 5 nitrogen and oxygen atoms in total. The van der Waals surface area contributed by atoms with E-state index in [2.05, 4.69) is 34.7 Å². The van der Waals surface area contributed by atoms with Crippen LogP contribution in [0.2, 0.25) is 0 Å². The second-order valence-corrected chi connectivity index (χ2v) is 7.78. The smallest absolute Gasteiger partial charge is 0.191 e. The van der Waals surface area contributed by atoms with Gasteiger partial charge in [-0.25, -0.2) is 8.42 Å². The van der Waals surface area contributed by atoms with Gasteiger partial charge in [0.2, 0.25) is 0 Å². The molecule has 0 aliphatic heterocycles. The SMILES string of the molecule is CCS(=O)(=O)CCNC(=NC)NC(C)CCc1ccccc1. The predicted octanol–water partition coefficient (Wildman–Crippen LogP) is 1.61. The van der Waals surface area contributed by atoms with Crippen molar-refractivity contribution >= 4 is 15.8 Å². The topological polar surface area (TPSA) is 70.6 Å². The molecule has 0 fully saturated rings. The molecule has 1 unspecified atom stereocenters. The van der Waals surface area contributed by atoms with E-state index in [9.17, 15) is 8.42 Å². The fourth-order valence-electron chi connectivity index (χ4n) is 2.00. The van der Waals surface area contributed by atoms with E-state index in [1.807, 2.05) is 18.2 Å². The Labute approximate surface area is 134 Å². The number of guanidine groups is 1. The molecule has 0 aliphatic carbocycles. The van der Waals surface area contributed by atoms with Crippen LogP contribution >= 0.6 is 0 Å². The summed E-state index contributed by atoms with van der Waals surface area (Å²) < 4.78 is 22.9. The summed E-state index contributed by atoms with van der Waals surface area (Å²) in [4.78, 5) is 4.13. The van der Waals surface area contributed by atoms with Gasteiger partial charge in [0.1, 0.15) is 0 Å². The lowest BCUT2D eigenvalue weighted by Crippen LogP contribution is -2.43. The number of hydrogen-bond donors (Lipinski definition) is 2. The van der Waals surface area contributed by atoms with Crippen molar-refractivity contribution in [2.75, 3.05) is 25.1 Å². The lowest BCUT2D eigenvalue weighted by molar-refractivity contribution is 0.589. The molecular weight excluding hydrogens is 298 g/mol. The van der Waals surface area contributed by atoms with E-state index in [1.165, 1.54) is 5.56 Å². The van der Waals surface area contributed by atoms with Crippen LogP contribution in [0.25, 0.3) is 0 Å². The van der Waals surface area contributed by atoms with Crippen molar-refractivity contribution in [2.24, 2.45) is 4.99 Å². The van der Waals surface area contributed by atoms with Gasteiger partial charge < -0.3 is 10.6 Å². The van der Waals surface area contributed by atoms with Crippen LogP contribution in [-0.2, 0) is 16.3 Å². The van der Waals surface area contributed by atoms with E-state index in [0.29, 0.717) is 12.5 Å². The Kier molecular flexibility index (Phi) is 7.95. The van der Waals surface area contributed by atoms with E-state index in [4.69, 9.17) is 0 Å². The quantitative estimate of drug-likeness (QED) is 0.563. The van der Waals surface area contributed by atoms with Gasteiger partial charge in [-0.3, -0.25) is 4.99 Å². The first kappa shape index (κ1) is 18.5. The maximum absolute atomic E-state index is 11.5. The van der Waals surface area contributed by atoms with Gasteiger partial charge in [0.25, 0.3) is 0 Å². The Balaban J connectivity index is 2.33. The molecule has 0 heterocycles. The molecule has 22 heavy (non-hydrogen) atoms. The number of hydrogen-bond acceptors (Lipinski definition) is 3. The number of aryl methyl sites for hydroxylation is 1. The number of rotatable bonds is 8. The maximum Gasteiger partial charge on any atom is 0.191 e. The Morgan fingerprint density at radius 2 is 1.95 bits per heavy atom. The molecule has 0 aromatic heterocycles. The van der Waals surface area contributed by atoms with Gasteiger partial charge in [0, 0.05) is 25.4 Å². The normalized spacial score (nSPS) is 13.7. The van der Waals surface area contributed by atoms with E-state index < -0.39 is 9.84 Å². The molecule has 6 heteroatoms. The summed E-state index contributed by atoms with van der Waals surface area (Å²) in [5.41, 5.74) is 1.31. The van der Waals surface area contributed by atoms with Crippen molar-refractivity contribution < 1.29 is 8.42 Å². The number of nitrogens with zero attached hydrogens (tertiary/aromatic N) is 1. The third-order valence-corrected chi connectivity index (χ3v) is 5.17. The monoisotopic (exact) mass is 325 g/mol. The van der Waals surface area contributed by atoms with Crippen molar-refractivity contribution in [3.8, 4) is 0 Å². The number of nitrogens with one attached hydrogen (secondary N) is 2. The standard InChI is InChI=1S/C16H27N3O2S/c1-4-22(20,21)13-12-18-16(17-3)19-14(2)10-11-15-8-6-5-7-9-15/h5-9,14H,4,10-13H2,1-3H3,(H2,17,18,19). The molecule has 0 bridgehead atoms. The predicted molar refractivity (Wildman–Crippen MR) is 93.1 cm³/mol. The summed E-state index contributed by atoms with van der Waals surface area (Å²) in [6.45, 7) is 4.13. The lowest BCUT2D eigenvalue weighted by Gasteiger charge is -2.18. The zero-order valence-corrected chi connectivity index (χ0v) is 14.5. The first-order chi connectivity index (χ1) is 10.5. The first-order valence-corrected chi connectivity index (χ1v) is 9.50. The zero-order chi connectivity index (χ0) is 16.4. The van der Waals surface area contributed by atoms with Gasteiger partial charge >= 0.3 is 0 Å². The summed E-state index contributed by atoms with van der Waals surface area (Å²) in [7, 11) is -1.26. The Morgan fingerprint density at radius 1 is 1.27 bits per heavy atom. The third-order valence-electron chi connectivity index (χ3n) is 3.46. The average molecular weight is 325 g/mol. The van der Waals surface area contributed by atoms with E-state index >= 15 is 0 Å². The molecule has 0 amide bonds. The van der Waals surface area contributed by atoms with Gasteiger partial charge in [-0.15, -0.1) is 0 Å². The third kappa shape index (κ3) is 7.45. The molecule has 1 aromatic rings. The molecule has 1 rings (SSSR count). The second-order valence-electron chi connectivity index (χ2n) is 5.31. The van der Waals surface area contributed by atoms with Crippen LogP contribution < -0.4 is 10.6 Å². The first-order valence-electron chi connectivity index (χ1n) is 7.68. The number of aliphatic imine (C=N–C) groups is 1. The minimum absolute atomic E-state index is 0.128. The van der Waals surface area contributed by atoms with Gasteiger partial charge in [0.15, 0.2) is 15.8 Å². The molecule has 0 saturated carbocycles. The highest BCUT2D eigenvalue weighted by molar-refractivity contribution is 7.91. The van der Waals surface area contributed by atoms with Crippen molar-refractivity contribution in [1.82, 2.24) is 10.6 Å². The van der Waals surface area contributed by atoms with Crippen LogP contribution in [0.1, 0.15) is 25.8 Å². The molecule has 1 aromatic carbocycles. The van der Waals surface area contributed by atoms with Gasteiger partial charge in [-0.05, 0) is 25.3 Å². The Hall–Kier alpha value is -1.56. The van der Waals surface area contributed by atoms with Crippen LogP contribution in [0.5, 0.6) is 0 Å². The Bertz CT molecular complexity index is 556. The lowest BCUT2D eigenvalue weighted by atomic mass is 10.1. The molecular formula is C16H27N3O2S. The molecule has 124 valence electrons. The molecule has 0 radical (unpaired) electrons. The molecule has 2 N–H and O–H groups in total. The second kappa shape index (κ2) is 9.46. The molecule has 0 saturated heterocycles. The van der Waals surface area contributed by atoms with Crippen molar-refractivity contribution in [2.45, 2.75) is 32.7 Å². The molecule has 1 atom stereocenters. The molecule has 0 aliphatic rings. The highest BCUT2D eigenvalue weighted by atomic mass is 32.2.